The van der Waals surface area contributed by atoms with Gasteiger partial charge in [-0.25, -0.2) is 26.7 Å². The molecular weight excluding hydrogens is 427 g/mol. The van der Waals surface area contributed by atoms with Gasteiger partial charge in [-0.3, -0.25) is 9.69 Å². The number of ether oxygens (including phenoxy) is 2. The minimum atomic E-state index is -4.50. The van der Waals surface area contributed by atoms with E-state index in [4.69, 9.17) is 0 Å². The Morgan fingerprint density at radius 1 is 1.03 bits per heavy atom. The van der Waals surface area contributed by atoms with Crippen LogP contribution in [0, 0.1) is 29.1 Å². The molecule has 0 aliphatic carbocycles. The van der Waals surface area contributed by atoms with Crippen LogP contribution in [-0.2, 0) is 14.3 Å². The van der Waals surface area contributed by atoms with Crippen molar-refractivity contribution in [3.05, 3.63) is 47.3 Å². The number of esters is 1. The Labute approximate surface area is 163 Å². The Balaban J connectivity index is 2.29. The van der Waals surface area contributed by atoms with Crippen molar-refractivity contribution in [1.82, 2.24) is 0 Å². The van der Waals surface area contributed by atoms with E-state index in [9.17, 15) is 40.3 Å². The van der Waals surface area contributed by atoms with E-state index in [1.165, 1.54) is 0 Å². The summed E-state index contributed by atoms with van der Waals surface area (Å²) < 4.78 is 106. The second-order valence-corrected chi connectivity index (χ2v) is 6.14. The molecule has 0 fully saturated rings. The van der Waals surface area contributed by atoms with Gasteiger partial charge >= 0.3 is 18.0 Å². The molecule has 0 N–H and O–H groups in total. The number of anilines is 1. The lowest BCUT2D eigenvalue weighted by Crippen LogP contribution is -2.56. The molecular formula is C18H10F7NO4. The van der Waals surface area contributed by atoms with E-state index in [0.717, 1.165) is 14.0 Å². The van der Waals surface area contributed by atoms with Crippen LogP contribution in [0.2, 0.25) is 0 Å². The van der Waals surface area contributed by atoms with Gasteiger partial charge < -0.3 is 9.47 Å². The van der Waals surface area contributed by atoms with Crippen molar-refractivity contribution in [2.75, 3.05) is 12.0 Å². The Kier molecular flexibility index (Phi) is 5.12. The quantitative estimate of drug-likeness (QED) is 0.316. The summed E-state index contributed by atoms with van der Waals surface area (Å²) in [5, 5.41) is 0. The summed E-state index contributed by atoms with van der Waals surface area (Å²) in [6.45, 7) is 0.997. The van der Waals surface area contributed by atoms with Crippen LogP contribution in [0.15, 0.2) is 18.2 Å². The molecule has 0 aromatic heterocycles. The van der Waals surface area contributed by atoms with Crippen molar-refractivity contribution < 1.29 is 49.8 Å². The molecule has 0 radical (unpaired) electrons. The highest BCUT2D eigenvalue weighted by Gasteiger charge is 2.53. The summed E-state index contributed by atoms with van der Waals surface area (Å²) in [5.74, 6) is -13.5. The summed E-state index contributed by atoms with van der Waals surface area (Å²) in [6, 6.07) is -0.968. The van der Waals surface area contributed by atoms with Gasteiger partial charge in [-0.15, -0.1) is 0 Å². The predicted molar refractivity (Wildman–Crippen MR) is 86.2 cm³/mol. The first kappa shape index (κ1) is 21.4. The number of benzene rings is 2. The van der Waals surface area contributed by atoms with E-state index in [1.54, 1.807) is 0 Å². The fourth-order valence-electron chi connectivity index (χ4n) is 2.91. The SMILES string of the molecule is COC(=O)C(C)N1C(=O)C(F)(F)Oc2cc(F)c(-c3c(F)cc(F)c(F)c3F)cc21. The smallest absolute Gasteiger partial charge is 0.467 e. The average molecular weight is 437 g/mol. The molecule has 3 rings (SSSR count). The zero-order valence-corrected chi connectivity index (χ0v) is 15.0. The van der Waals surface area contributed by atoms with Gasteiger partial charge in [0.2, 0.25) is 0 Å². The van der Waals surface area contributed by atoms with Gasteiger partial charge in [-0.05, 0) is 13.0 Å². The first-order chi connectivity index (χ1) is 13.9. The van der Waals surface area contributed by atoms with Crippen molar-refractivity contribution in [2.45, 2.75) is 19.1 Å². The van der Waals surface area contributed by atoms with Crippen LogP contribution in [0.3, 0.4) is 0 Å². The van der Waals surface area contributed by atoms with Crippen LogP contribution < -0.4 is 9.64 Å². The van der Waals surface area contributed by atoms with E-state index < -0.39 is 75.7 Å². The number of methoxy groups -OCH3 is 1. The molecule has 0 saturated carbocycles. The fourth-order valence-corrected chi connectivity index (χ4v) is 2.91. The Morgan fingerprint density at radius 3 is 2.27 bits per heavy atom. The van der Waals surface area contributed by atoms with Crippen LogP contribution in [0.4, 0.5) is 36.4 Å². The number of fused-ring (bicyclic) bond motifs is 1. The molecule has 0 spiro atoms. The summed E-state index contributed by atoms with van der Waals surface area (Å²) in [5.41, 5.74) is -3.07. The first-order valence-corrected chi connectivity index (χ1v) is 8.06. The van der Waals surface area contributed by atoms with Crippen molar-refractivity contribution >= 4 is 17.6 Å². The largest absolute Gasteiger partial charge is 0.483 e. The van der Waals surface area contributed by atoms with Gasteiger partial charge in [0.05, 0.1) is 18.4 Å². The summed E-state index contributed by atoms with van der Waals surface area (Å²) in [7, 11) is 0.908. The van der Waals surface area contributed by atoms with Crippen LogP contribution in [0.1, 0.15) is 6.92 Å². The summed E-state index contributed by atoms with van der Waals surface area (Å²) >= 11 is 0. The van der Waals surface area contributed by atoms with E-state index >= 15 is 0 Å². The van der Waals surface area contributed by atoms with E-state index in [2.05, 4.69) is 9.47 Å². The number of carbonyl (C=O) groups excluding carboxylic acids is 2. The molecule has 1 atom stereocenters. The normalized spacial score (nSPS) is 16.0. The standard InChI is InChI=1S/C18H10F7NO4/c1-6(16(27)29-2)26-11-3-7(13-9(20)4-10(21)14(22)15(13)23)8(19)5-12(11)30-18(24,25)17(26)28/h3-6H,1-2H3. The molecule has 1 aliphatic heterocycles. The molecule has 2 aromatic carbocycles. The maximum absolute atomic E-state index is 14.5. The number of rotatable bonds is 3. The molecule has 160 valence electrons. The van der Waals surface area contributed by atoms with Gasteiger partial charge in [0.25, 0.3) is 0 Å². The molecule has 1 amide bonds. The first-order valence-electron chi connectivity index (χ1n) is 8.06. The van der Waals surface area contributed by atoms with Gasteiger partial charge in [-0.2, -0.15) is 8.78 Å². The third-order valence-corrected chi connectivity index (χ3v) is 4.33. The van der Waals surface area contributed by atoms with E-state index in [0.29, 0.717) is 6.07 Å². The van der Waals surface area contributed by atoms with E-state index in [1.807, 2.05) is 0 Å². The third kappa shape index (κ3) is 3.21. The second kappa shape index (κ2) is 7.18. The average Bonchev–Trinajstić information content (AvgIpc) is 2.67. The molecule has 5 nitrogen and oxygen atoms in total. The van der Waals surface area contributed by atoms with Crippen LogP contribution in [0.5, 0.6) is 5.75 Å². The van der Waals surface area contributed by atoms with Crippen molar-refractivity contribution in [2.24, 2.45) is 0 Å². The zero-order valence-electron chi connectivity index (χ0n) is 15.0. The lowest BCUT2D eigenvalue weighted by molar-refractivity contribution is -0.193. The maximum Gasteiger partial charge on any atom is 0.483 e. The molecule has 2 aromatic rings. The third-order valence-electron chi connectivity index (χ3n) is 4.33. The predicted octanol–water partition coefficient (Wildman–Crippen LogP) is 3.93. The number of hydrogen-bond acceptors (Lipinski definition) is 4. The van der Waals surface area contributed by atoms with E-state index in [-0.39, 0.29) is 17.0 Å². The number of amides is 1. The lowest BCUT2D eigenvalue weighted by Gasteiger charge is -2.36. The summed E-state index contributed by atoms with van der Waals surface area (Å²) in [4.78, 5) is 24.1. The van der Waals surface area contributed by atoms with Crippen molar-refractivity contribution in [3.63, 3.8) is 0 Å². The number of alkyl halides is 2. The molecule has 0 bridgehead atoms. The summed E-state index contributed by atoms with van der Waals surface area (Å²) in [6.07, 6.45) is -4.50. The van der Waals surface area contributed by atoms with Gasteiger partial charge in [0, 0.05) is 17.7 Å². The minimum Gasteiger partial charge on any atom is -0.467 e. The minimum absolute atomic E-state index is 0.0444. The molecule has 1 heterocycles. The highest BCUT2D eigenvalue weighted by Crippen LogP contribution is 2.44. The van der Waals surface area contributed by atoms with Gasteiger partial charge in [-0.1, -0.05) is 0 Å². The fraction of sp³-hybridized carbons (Fsp3) is 0.222. The van der Waals surface area contributed by atoms with Crippen molar-refractivity contribution in [1.29, 1.82) is 0 Å². The molecule has 1 aliphatic rings. The highest BCUT2D eigenvalue weighted by molar-refractivity contribution is 6.05. The monoisotopic (exact) mass is 437 g/mol. The van der Waals surface area contributed by atoms with Crippen LogP contribution in [0.25, 0.3) is 11.1 Å². The van der Waals surface area contributed by atoms with Gasteiger partial charge in [0.15, 0.2) is 23.2 Å². The van der Waals surface area contributed by atoms with Crippen LogP contribution in [-0.4, -0.2) is 31.1 Å². The Bertz CT molecular complexity index is 1070. The molecule has 1 unspecified atom stereocenters. The number of halogens is 7. The molecule has 30 heavy (non-hydrogen) atoms. The molecule has 0 saturated heterocycles. The maximum atomic E-state index is 14.5. The second-order valence-electron chi connectivity index (χ2n) is 6.14. The Hall–Kier alpha value is -3.31. The molecule has 12 heteroatoms. The lowest BCUT2D eigenvalue weighted by atomic mass is 10.0. The topological polar surface area (TPSA) is 55.8 Å². The van der Waals surface area contributed by atoms with Crippen molar-refractivity contribution in [3.8, 4) is 16.9 Å². The number of hydrogen-bond donors (Lipinski definition) is 0. The number of nitrogens with zero attached hydrogens (tertiary/aromatic N) is 1. The van der Waals surface area contributed by atoms with Gasteiger partial charge in [0.1, 0.15) is 17.7 Å². The zero-order chi connectivity index (χ0) is 22.5. The highest BCUT2D eigenvalue weighted by atomic mass is 19.3. The van der Waals surface area contributed by atoms with Crippen LogP contribution >= 0.6 is 0 Å². The number of carbonyl (C=O) groups is 2. The Morgan fingerprint density at radius 2 is 1.67 bits per heavy atom.